The SMILES string of the molecule is O=C(O)N(Cc1cc2cc([N+](=O)[O-])ccc2o1)C[C@@H](O)c1cccc(Cl)c1. The second-order valence-corrected chi connectivity index (χ2v) is 6.36. The summed E-state index contributed by atoms with van der Waals surface area (Å²) in [4.78, 5) is 22.9. The molecule has 9 heteroatoms. The number of nitrogens with zero attached hydrogens (tertiary/aromatic N) is 2. The molecule has 0 fully saturated rings. The molecule has 0 radical (unpaired) electrons. The molecule has 140 valence electrons. The molecule has 1 heterocycles. The van der Waals surface area contributed by atoms with Crippen LogP contribution in [-0.4, -0.2) is 32.7 Å². The van der Waals surface area contributed by atoms with Crippen molar-refractivity contribution in [3.8, 4) is 0 Å². The zero-order chi connectivity index (χ0) is 19.6. The molecule has 8 nitrogen and oxygen atoms in total. The minimum absolute atomic E-state index is 0.0821. The van der Waals surface area contributed by atoms with E-state index in [0.29, 0.717) is 27.3 Å². The van der Waals surface area contributed by atoms with Gasteiger partial charge in [0.2, 0.25) is 0 Å². The number of carboxylic acid groups (broad SMARTS) is 1. The minimum Gasteiger partial charge on any atom is -0.465 e. The largest absolute Gasteiger partial charge is 0.465 e. The summed E-state index contributed by atoms with van der Waals surface area (Å²) in [6.45, 7) is -0.303. The van der Waals surface area contributed by atoms with Crippen LogP contribution in [0.2, 0.25) is 5.02 Å². The zero-order valence-electron chi connectivity index (χ0n) is 13.9. The Balaban J connectivity index is 1.79. The molecule has 0 aliphatic carbocycles. The van der Waals surface area contributed by atoms with Crippen molar-refractivity contribution in [3.05, 3.63) is 75.0 Å². The van der Waals surface area contributed by atoms with Gasteiger partial charge in [0.25, 0.3) is 5.69 Å². The first kappa shape index (κ1) is 18.7. The lowest BCUT2D eigenvalue weighted by molar-refractivity contribution is -0.384. The first-order valence-electron chi connectivity index (χ1n) is 7.92. The standard InChI is InChI=1S/C18H15ClN2O6/c19-13-3-1-2-11(6-13)16(22)10-20(18(23)24)9-15-8-12-7-14(21(25)26)4-5-17(12)27-15/h1-8,16,22H,9-10H2,(H,23,24)/t16-/m1/s1. The first-order chi connectivity index (χ1) is 12.8. The van der Waals surface area contributed by atoms with Crippen LogP contribution < -0.4 is 0 Å². The van der Waals surface area contributed by atoms with Crippen molar-refractivity contribution in [1.29, 1.82) is 0 Å². The van der Waals surface area contributed by atoms with Crippen LogP contribution in [0, 0.1) is 10.1 Å². The summed E-state index contributed by atoms with van der Waals surface area (Å²) in [6.07, 6.45) is -2.30. The van der Waals surface area contributed by atoms with E-state index in [1.54, 1.807) is 30.3 Å². The number of aliphatic hydroxyl groups is 1. The number of fused-ring (bicyclic) bond motifs is 1. The first-order valence-corrected chi connectivity index (χ1v) is 8.29. The molecule has 2 aromatic carbocycles. The average molecular weight is 391 g/mol. The lowest BCUT2D eigenvalue weighted by Gasteiger charge is -2.21. The van der Waals surface area contributed by atoms with Gasteiger partial charge in [-0.2, -0.15) is 0 Å². The van der Waals surface area contributed by atoms with Gasteiger partial charge in [0.05, 0.1) is 24.1 Å². The highest BCUT2D eigenvalue weighted by Gasteiger charge is 2.20. The molecule has 0 spiro atoms. The third-order valence-corrected chi connectivity index (χ3v) is 4.24. The van der Waals surface area contributed by atoms with Crippen LogP contribution in [0.1, 0.15) is 17.4 Å². The van der Waals surface area contributed by atoms with E-state index in [1.165, 1.54) is 18.2 Å². The lowest BCUT2D eigenvalue weighted by Crippen LogP contribution is -2.32. The Morgan fingerprint density at radius 1 is 1.26 bits per heavy atom. The van der Waals surface area contributed by atoms with Gasteiger partial charge in [0, 0.05) is 22.5 Å². The molecule has 0 aliphatic rings. The molecule has 0 bridgehead atoms. The maximum atomic E-state index is 11.6. The van der Waals surface area contributed by atoms with Gasteiger partial charge in [-0.15, -0.1) is 0 Å². The Bertz CT molecular complexity index is 1000. The van der Waals surface area contributed by atoms with Gasteiger partial charge >= 0.3 is 6.09 Å². The van der Waals surface area contributed by atoms with Crippen LogP contribution in [0.3, 0.4) is 0 Å². The second kappa shape index (κ2) is 7.65. The van der Waals surface area contributed by atoms with Crippen LogP contribution in [-0.2, 0) is 6.54 Å². The van der Waals surface area contributed by atoms with E-state index in [4.69, 9.17) is 16.0 Å². The number of nitro benzene ring substituents is 1. The number of hydrogen-bond donors (Lipinski definition) is 2. The smallest absolute Gasteiger partial charge is 0.407 e. The number of nitro groups is 1. The van der Waals surface area contributed by atoms with Crippen LogP contribution in [0.25, 0.3) is 11.0 Å². The van der Waals surface area contributed by atoms with Crippen molar-refractivity contribution in [3.63, 3.8) is 0 Å². The molecule has 2 N–H and O–H groups in total. The van der Waals surface area contributed by atoms with E-state index < -0.39 is 17.1 Å². The predicted molar refractivity (Wildman–Crippen MR) is 97.7 cm³/mol. The predicted octanol–water partition coefficient (Wildman–Crippen LogP) is 4.21. The third kappa shape index (κ3) is 4.36. The summed E-state index contributed by atoms with van der Waals surface area (Å²) < 4.78 is 5.56. The number of furan rings is 1. The molecule has 0 saturated heterocycles. The van der Waals surface area contributed by atoms with Crippen molar-refractivity contribution < 1.29 is 24.3 Å². The van der Waals surface area contributed by atoms with Crippen molar-refractivity contribution >= 4 is 34.4 Å². The third-order valence-electron chi connectivity index (χ3n) is 4.01. The number of carbonyl (C=O) groups is 1. The number of aliphatic hydroxyl groups excluding tert-OH is 1. The number of hydrogen-bond acceptors (Lipinski definition) is 5. The number of amides is 1. The van der Waals surface area contributed by atoms with Gasteiger partial charge in [0.1, 0.15) is 11.3 Å². The Labute approximate surface area is 158 Å². The average Bonchev–Trinajstić information content (AvgIpc) is 3.02. The molecule has 3 rings (SSSR count). The van der Waals surface area contributed by atoms with E-state index in [-0.39, 0.29) is 18.8 Å². The van der Waals surface area contributed by atoms with E-state index in [1.807, 2.05) is 0 Å². The zero-order valence-corrected chi connectivity index (χ0v) is 14.7. The Morgan fingerprint density at radius 2 is 2.04 bits per heavy atom. The van der Waals surface area contributed by atoms with Gasteiger partial charge in [0.15, 0.2) is 0 Å². The van der Waals surface area contributed by atoms with Gasteiger partial charge in [-0.1, -0.05) is 23.7 Å². The van der Waals surface area contributed by atoms with Crippen molar-refractivity contribution in [1.82, 2.24) is 4.90 Å². The summed E-state index contributed by atoms with van der Waals surface area (Å²) >= 11 is 5.89. The Kier molecular flexibility index (Phi) is 5.29. The second-order valence-electron chi connectivity index (χ2n) is 5.93. The molecular formula is C18H15ClN2O6. The molecule has 0 unspecified atom stereocenters. The summed E-state index contributed by atoms with van der Waals surface area (Å²) in [6, 6.07) is 12.2. The van der Waals surface area contributed by atoms with Crippen molar-refractivity contribution in [2.45, 2.75) is 12.6 Å². The number of rotatable bonds is 6. The number of non-ortho nitro benzene ring substituents is 1. The minimum atomic E-state index is -1.23. The maximum Gasteiger partial charge on any atom is 0.407 e. The molecule has 1 aromatic heterocycles. The Hall–Kier alpha value is -3.10. The molecule has 0 saturated carbocycles. The maximum absolute atomic E-state index is 11.6. The summed E-state index contributed by atoms with van der Waals surface area (Å²) in [5, 5.41) is 31.5. The van der Waals surface area contributed by atoms with Gasteiger partial charge < -0.3 is 14.6 Å². The van der Waals surface area contributed by atoms with Crippen LogP contribution in [0.4, 0.5) is 10.5 Å². The molecule has 0 aliphatic heterocycles. The fourth-order valence-electron chi connectivity index (χ4n) is 2.70. The van der Waals surface area contributed by atoms with Gasteiger partial charge in [-0.25, -0.2) is 4.79 Å². The van der Waals surface area contributed by atoms with Gasteiger partial charge in [-0.05, 0) is 29.8 Å². The Morgan fingerprint density at radius 3 is 2.70 bits per heavy atom. The van der Waals surface area contributed by atoms with E-state index in [0.717, 1.165) is 4.90 Å². The van der Waals surface area contributed by atoms with E-state index in [9.17, 15) is 25.1 Å². The lowest BCUT2D eigenvalue weighted by atomic mass is 10.1. The number of halogens is 1. The van der Waals surface area contributed by atoms with Crippen LogP contribution in [0.15, 0.2) is 52.9 Å². The normalized spacial score (nSPS) is 12.1. The molecule has 3 aromatic rings. The molecular weight excluding hydrogens is 376 g/mol. The summed E-state index contributed by atoms with van der Waals surface area (Å²) in [7, 11) is 0. The fourth-order valence-corrected chi connectivity index (χ4v) is 2.90. The highest BCUT2D eigenvalue weighted by Crippen LogP contribution is 2.26. The molecule has 27 heavy (non-hydrogen) atoms. The topological polar surface area (TPSA) is 117 Å². The quantitative estimate of drug-likeness (QED) is 0.481. The monoisotopic (exact) mass is 390 g/mol. The van der Waals surface area contributed by atoms with Crippen molar-refractivity contribution in [2.24, 2.45) is 0 Å². The number of benzene rings is 2. The highest BCUT2D eigenvalue weighted by atomic mass is 35.5. The highest BCUT2D eigenvalue weighted by molar-refractivity contribution is 6.30. The van der Waals surface area contributed by atoms with Crippen molar-refractivity contribution in [2.75, 3.05) is 6.54 Å². The summed E-state index contributed by atoms with van der Waals surface area (Å²) in [5.41, 5.74) is 0.826. The fraction of sp³-hybridized carbons (Fsp3) is 0.167. The van der Waals surface area contributed by atoms with Gasteiger partial charge in [-0.3, -0.25) is 15.0 Å². The van der Waals surface area contributed by atoms with E-state index >= 15 is 0 Å². The van der Waals surface area contributed by atoms with Crippen LogP contribution in [0.5, 0.6) is 0 Å². The van der Waals surface area contributed by atoms with Crippen LogP contribution >= 0.6 is 11.6 Å². The summed E-state index contributed by atoms with van der Waals surface area (Å²) in [5.74, 6) is 0.311. The molecule has 1 atom stereocenters. The molecule has 1 amide bonds. The van der Waals surface area contributed by atoms with E-state index in [2.05, 4.69) is 0 Å².